The van der Waals surface area contributed by atoms with Crippen LogP contribution >= 0.6 is 0 Å². The molecule has 0 bridgehead atoms. The first-order chi connectivity index (χ1) is 14.7. The van der Waals surface area contributed by atoms with Crippen molar-refractivity contribution in [3.63, 3.8) is 0 Å². The Labute approximate surface area is 185 Å². The van der Waals surface area contributed by atoms with Crippen molar-refractivity contribution >= 4 is 6.03 Å². The molecule has 31 heavy (non-hydrogen) atoms. The second-order valence-electron chi connectivity index (χ2n) is 9.30. The quantitative estimate of drug-likeness (QED) is 0.508. The highest BCUT2D eigenvalue weighted by atomic mass is 19.1. The minimum absolute atomic E-state index is 0.00128. The van der Waals surface area contributed by atoms with Crippen LogP contribution in [-0.4, -0.2) is 41.8 Å². The van der Waals surface area contributed by atoms with E-state index in [0.717, 1.165) is 17.5 Å². The number of likely N-dealkylation sites (tertiary alicyclic amines) is 1. The minimum atomic E-state index is -0.294. The first-order valence-electron chi connectivity index (χ1n) is 11.1. The molecule has 168 valence electrons. The number of halogens is 1. The fourth-order valence-electron chi connectivity index (χ4n) is 4.11. The molecule has 0 aromatic heterocycles. The number of piperidine rings is 1. The molecular weight excluding hydrogens is 393 g/mol. The number of carbonyl (C=O) groups excluding carboxylic acids is 1. The fourth-order valence-corrected chi connectivity index (χ4v) is 4.11. The topological polar surface area (TPSA) is 55.4 Å². The second-order valence-corrected chi connectivity index (χ2v) is 9.30. The van der Waals surface area contributed by atoms with Crippen molar-refractivity contribution in [3.8, 4) is 0 Å². The Hall–Kier alpha value is -2.44. The average molecular weight is 428 g/mol. The highest BCUT2D eigenvalue weighted by molar-refractivity contribution is 5.74. The van der Waals surface area contributed by atoms with Gasteiger partial charge in [-0.2, -0.15) is 0 Å². The van der Waals surface area contributed by atoms with Crippen LogP contribution < -0.4 is 5.32 Å². The Bertz CT molecular complexity index is 840. The summed E-state index contributed by atoms with van der Waals surface area (Å²) in [5.41, 5.74) is 3.22. The minimum Gasteiger partial charge on any atom is -0.633 e. The lowest BCUT2D eigenvalue weighted by Crippen LogP contribution is -2.53. The zero-order valence-electron chi connectivity index (χ0n) is 18.8. The Morgan fingerprint density at radius 3 is 2.19 bits per heavy atom. The van der Waals surface area contributed by atoms with Crippen LogP contribution in [-0.2, 0) is 19.5 Å². The van der Waals surface area contributed by atoms with E-state index in [2.05, 4.69) is 43.4 Å². The molecule has 2 aromatic carbocycles. The lowest BCUT2D eigenvalue weighted by atomic mass is 10.0. The highest BCUT2D eigenvalue weighted by Crippen LogP contribution is 2.22. The van der Waals surface area contributed by atoms with E-state index in [1.165, 1.54) is 17.7 Å². The number of amides is 2. The first-order valence-corrected chi connectivity index (χ1v) is 11.1. The van der Waals surface area contributed by atoms with Gasteiger partial charge in [-0.1, -0.05) is 50.2 Å². The van der Waals surface area contributed by atoms with Crippen LogP contribution in [0.5, 0.6) is 0 Å². The maximum atomic E-state index is 13.3. The van der Waals surface area contributed by atoms with E-state index in [9.17, 15) is 14.4 Å². The number of quaternary nitrogens is 1. The van der Waals surface area contributed by atoms with Crippen LogP contribution in [0.3, 0.4) is 0 Å². The molecule has 0 atom stereocenters. The van der Waals surface area contributed by atoms with Gasteiger partial charge in [0, 0.05) is 32.0 Å². The molecule has 0 spiro atoms. The monoisotopic (exact) mass is 427 g/mol. The molecule has 1 heterocycles. The van der Waals surface area contributed by atoms with Gasteiger partial charge < -0.3 is 20.1 Å². The zero-order valence-corrected chi connectivity index (χ0v) is 18.8. The molecule has 1 fully saturated rings. The summed E-state index contributed by atoms with van der Waals surface area (Å²) in [6.45, 7) is 6.23. The van der Waals surface area contributed by atoms with Gasteiger partial charge in [-0.15, -0.1) is 0 Å². The molecule has 0 saturated carbocycles. The van der Waals surface area contributed by atoms with E-state index in [-0.39, 0.29) is 22.5 Å². The zero-order chi connectivity index (χ0) is 22.4. The summed E-state index contributed by atoms with van der Waals surface area (Å²) in [6, 6.07) is 14.4. The SMILES string of the molecule is CC(C)Cc1ccc(CNC(=O)N(Cc2ccc(F)cc2)C2CC[N+](C)([O-])CC2)cc1. The van der Waals surface area contributed by atoms with E-state index in [1.807, 2.05) is 0 Å². The van der Waals surface area contributed by atoms with Crippen LogP contribution in [0.15, 0.2) is 48.5 Å². The molecule has 0 aliphatic carbocycles. The maximum Gasteiger partial charge on any atom is 0.318 e. The number of nitrogens with one attached hydrogen (secondary N) is 1. The maximum absolute atomic E-state index is 13.3. The molecule has 1 aliphatic heterocycles. The van der Waals surface area contributed by atoms with Crippen molar-refractivity contribution < 1.29 is 13.8 Å². The number of rotatable bonds is 7. The molecule has 2 aromatic rings. The molecular formula is C25H34FN3O2. The molecule has 6 heteroatoms. The predicted octanol–water partition coefficient (Wildman–Crippen LogP) is 4.84. The summed E-state index contributed by atoms with van der Waals surface area (Å²) in [6.07, 6.45) is 2.37. The van der Waals surface area contributed by atoms with E-state index in [1.54, 1.807) is 24.1 Å². The Kier molecular flexibility index (Phi) is 7.68. The number of hydrogen-bond acceptors (Lipinski definition) is 2. The molecule has 3 rings (SSSR count). The van der Waals surface area contributed by atoms with Crippen LogP contribution in [0.25, 0.3) is 0 Å². The van der Waals surface area contributed by atoms with Gasteiger partial charge in [0.15, 0.2) is 0 Å². The molecule has 1 N–H and O–H groups in total. The molecule has 0 radical (unpaired) electrons. The third-order valence-electron chi connectivity index (χ3n) is 5.95. The summed E-state index contributed by atoms with van der Waals surface area (Å²) in [5.74, 6) is 0.313. The van der Waals surface area contributed by atoms with Crippen LogP contribution in [0.4, 0.5) is 9.18 Å². The van der Waals surface area contributed by atoms with Gasteiger partial charge in [0.1, 0.15) is 5.82 Å². The molecule has 0 unspecified atom stereocenters. The summed E-state index contributed by atoms with van der Waals surface area (Å²) in [4.78, 5) is 14.9. The van der Waals surface area contributed by atoms with Gasteiger partial charge in [0.2, 0.25) is 0 Å². The number of hydroxylamine groups is 3. The third kappa shape index (κ3) is 7.04. The van der Waals surface area contributed by atoms with E-state index in [4.69, 9.17) is 0 Å². The Balaban J connectivity index is 1.65. The average Bonchev–Trinajstić information content (AvgIpc) is 2.72. The first kappa shape index (κ1) is 23.2. The smallest absolute Gasteiger partial charge is 0.318 e. The van der Waals surface area contributed by atoms with Gasteiger partial charge >= 0.3 is 6.03 Å². The normalized spacial score (nSPS) is 21.2. The lowest BCUT2D eigenvalue weighted by molar-refractivity contribution is -0.866. The number of nitrogens with zero attached hydrogens (tertiary/aromatic N) is 2. The predicted molar refractivity (Wildman–Crippen MR) is 121 cm³/mol. The summed E-state index contributed by atoms with van der Waals surface area (Å²) >= 11 is 0. The van der Waals surface area contributed by atoms with E-state index < -0.39 is 0 Å². The van der Waals surface area contributed by atoms with Crippen molar-refractivity contribution in [2.24, 2.45) is 5.92 Å². The van der Waals surface area contributed by atoms with E-state index >= 15 is 0 Å². The largest absolute Gasteiger partial charge is 0.633 e. The van der Waals surface area contributed by atoms with E-state index in [0.29, 0.717) is 44.9 Å². The van der Waals surface area contributed by atoms with Crippen molar-refractivity contribution in [1.29, 1.82) is 0 Å². The number of benzene rings is 2. The van der Waals surface area contributed by atoms with Gasteiger partial charge in [0.05, 0.1) is 20.1 Å². The summed E-state index contributed by atoms with van der Waals surface area (Å²) < 4.78 is 13.0. The van der Waals surface area contributed by atoms with Crippen molar-refractivity contribution in [1.82, 2.24) is 10.2 Å². The third-order valence-corrected chi connectivity index (χ3v) is 5.95. The standard InChI is InChI=1S/C25H34FN3O2/c1-19(2)16-20-4-6-21(7-5-20)17-27-25(30)28(18-22-8-10-23(26)11-9-22)24-12-14-29(3,31)15-13-24/h4-11,19,24H,12-18H2,1-3H3,(H,27,30). The number of carbonyl (C=O) groups is 1. The van der Waals surface area contributed by atoms with Gasteiger partial charge in [-0.05, 0) is 41.2 Å². The lowest BCUT2D eigenvalue weighted by Gasteiger charge is -2.46. The summed E-state index contributed by atoms with van der Waals surface area (Å²) in [5, 5.41) is 15.3. The highest BCUT2D eigenvalue weighted by Gasteiger charge is 2.31. The second kappa shape index (κ2) is 10.2. The molecule has 2 amide bonds. The van der Waals surface area contributed by atoms with Crippen LogP contribution in [0.2, 0.25) is 0 Å². The summed E-state index contributed by atoms with van der Waals surface area (Å²) in [7, 11) is 1.68. The van der Waals surface area contributed by atoms with Gasteiger partial charge in [-0.25, -0.2) is 9.18 Å². The van der Waals surface area contributed by atoms with Gasteiger partial charge in [-0.3, -0.25) is 0 Å². The molecule has 5 nitrogen and oxygen atoms in total. The number of urea groups is 1. The fraction of sp³-hybridized carbons (Fsp3) is 0.480. The van der Waals surface area contributed by atoms with Crippen LogP contribution in [0, 0.1) is 16.9 Å². The van der Waals surface area contributed by atoms with Crippen molar-refractivity contribution in [2.75, 3.05) is 20.1 Å². The number of hydrogen-bond donors (Lipinski definition) is 1. The van der Waals surface area contributed by atoms with Crippen molar-refractivity contribution in [2.45, 2.75) is 52.2 Å². The van der Waals surface area contributed by atoms with Gasteiger partial charge in [0.25, 0.3) is 0 Å². The molecule has 1 aliphatic rings. The van der Waals surface area contributed by atoms with Crippen LogP contribution in [0.1, 0.15) is 43.4 Å². The Morgan fingerprint density at radius 1 is 1.06 bits per heavy atom. The molecule has 1 saturated heterocycles. The van der Waals surface area contributed by atoms with Crippen molar-refractivity contribution in [3.05, 3.63) is 76.2 Å². The Morgan fingerprint density at radius 2 is 1.61 bits per heavy atom.